The van der Waals surface area contributed by atoms with Gasteiger partial charge < -0.3 is 10.6 Å². The summed E-state index contributed by atoms with van der Waals surface area (Å²) in [6.45, 7) is 2.10. The van der Waals surface area contributed by atoms with E-state index < -0.39 is 6.04 Å². The quantitative estimate of drug-likeness (QED) is 0.800. The van der Waals surface area contributed by atoms with Crippen molar-refractivity contribution >= 4 is 17.5 Å². The van der Waals surface area contributed by atoms with E-state index >= 15 is 0 Å². The zero-order chi connectivity index (χ0) is 18.4. The molecule has 0 radical (unpaired) electrons. The average molecular weight is 350 g/mol. The summed E-state index contributed by atoms with van der Waals surface area (Å²) in [5.41, 5.74) is 3.01. The van der Waals surface area contributed by atoms with Gasteiger partial charge in [-0.3, -0.25) is 9.59 Å². The van der Waals surface area contributed by atoms with E-state index in [1.165, 1.54) is 5.56 Å². The number of hydrogen-bond acceptors (Lipinski definition) is 2. The number of amides is 2. The van der Waals surface area contributed by atoms with Crippen LogP contribution in [0.2, 0.25) is 0 Å². The molecule has 136 valence electrons. The molecule has 1 atom stereocenters. The molecule has 0 saturated heterocycles. The molecule has 4 heteroatoms. The zero-order valence-electron chi connectivity index (χ0n) is 15.2. The van der Waals surface area contributed by atoms with Gasteiger partial charge in [-0.05, 0) is 42.5 Å². The van der Waals surface area contributed by atoms with Crippen LogP contribution in [0.5, 0.6) is 0 Å². The lowest BCUT2D eigenvalue weighted by Gasteiger charge is -2.27. The van der Waals surface area contributed by atoms with E-state index in [2.05, 4.69) is 17.6 Å². The minimum atomic E-state index is -0.573. The van der Waals surface area contributed by atoms with Gasteiger partial charge in [-0.25, -0.2) is 0 Å². The minimum Gasteiger partial charge on any atom is -0.344 e. The minimum absolute atomic E-state index is 0.00587. The van der Waals surface area contributed by atoms with Crippen molar-refractivity contribution < 1.29 is 9.59 Å². The van der Waals surface area contributed by atoms with Crippen LogP contribution in [0.3, 0.4) is 0 Å². The van der Waals surface area contributed by atoms with Gasteiger partial charge in [0.2, 0.25) is 11.8 Å². The summed E-state index contributed by atoms with van der Waals surface area (Å²) in [6, 6.07) is 17.1. The lowest BCUT2D eigenvalue weighted by Crippen LogP contribution is -2.48. The zero-order valence-corrected chi connectivity index (χ0v) is 15.2. The smallest absolute Gasteiger partial charge is 0.247 e. The van der Waals surface area contributed by atoms with E-state index in [0.717, 1.165) is 36.9 Å². The van der Waals surface area contributed by atoms with E-state index in [-0.39, 0.29) is 17.7 Å². The molecule has 1 unspecified atom stereocenters. The second-order valence-electron chi connectivity index (χ2n) is 6.92. The Morgan fingerprint density at radius 2 is 1.69 bits per heavy atom. The fourth-order valence-electron chi connectivity index (χ4n) is 3.07. The topological polar surface area (TPSA) is 58.2 Å². The normalized spacial score (nSPS) is 15.0. The summed E-state index contributed by atoms with van der Waals surface area (Å²) < 4.78 is 0. The van der Waals surface area contributed by atoms with Crippen LogP contribution in [0.1, 0.15) is 37.3 Å². The molecule has 0 aromatic heterocycles. The molecule has 1 fully saturated rings. The van der Waals surface area contributed by atoms with Gasteiger partial charge in [0, 0.05) is 18.0 Å². The molecule has 0 heterocycles. The highest BCUT2D eigenvalue weighted by Crippen LogP contribution is 2.26. The maximum Gasteiger partial charge on any atom is 0.247 e. The summed E-state index contributed by atoms with van der Waals surface area (Å²) in [5, 5.41) is 5.90. The molecule has 0 bridgehead atoms. The Balaban J connectivity index is 1.69. The van der Waals surface area contributed by atoms with Crippen LogP contribution in [0.15, 0.2) is 54.6 Å². The Morgan fingerprint density at radius 1 is 1.00 bits per heavy atom. The number of benzene rings is 2. The molecule has 1 aliphatic carbocycles. The van der Waals surface area contributed by atoms with Crippen molar-refractivity contribution in [3.05, 3.63) is 65.7 Å². The standard InChI is InChI=1S/C22H26N2O2/c1-2-16-11-13-19(14-12-16)23-22(26)20(15-17-7-4-3-5-8-17)24-21(25)18-9-6-10-18/h3-5,7-8,11-14,18,20H,2,6,9-10,15H2,1H3,(H,23,26)(H,24,25). The third-order valence-electron chi connectivity index (χ3n) is 5.02. The van der Waals surface area contributed by atoms with Crippen molar-refractivity contribution in [2.45, 2.75) is 45.1 Å². The van der Waals surface area contributed by atoms with Gasteiger partial charge in [0.05, 0.1) is 0 Å². The molecule has 4 nitrogen and oxygen atoms in total. The molecule has 0 spiro atoms. The van der Waals surface area contributed by atoms with Crippen LogP contribution in [-0.2, 0) is 22.4 Å². The monoisotopic (exact) mass is 350 g/mol. The number of aryl methyl sites for hydroxylation is 1. The molecule has 2 aromatic carbocycles. The molecule has 1 aliphatic rings. The SMILES string of the molecule is CCc1ccc(NC(=O)C(Cc2ccccc2)NC(=O)C2CCC2)cc1. The predicted octanol–water partition coefficient (Wildman–Crippen LogP) is 3.72. The molecule has 1 saturated carbocycles. The van der Waals surface area contributed by atoms with E-state index in [4.69, 9.17) is 0 Å². The van der Waals surface area contributed by atoms with Crippen molar-refractivity contribution in [3.63, 3.8) is 0 Å². The van der Waals surface area contributed by atoms with Crippen LogP contribution >= 0.6 is 0 Å². The van der Waals surface area contributed by atoms with Crippen molar-refractivity contribution in [1.82, 2.24) is 5.32 Å². The highest BCUT2D eigenvalue weighted by molar-refractivity contribution is 5.97. The fourth-order valence-corrected chi connectivity index (χ4v) is 3.07. The molecule has 2 amide bonds. The largest absolute Gasteiger partial charge is 0.344 e. The van der Waals surface area contributed by atoms with Gasteiger partial charge >= 0.3 is 0 Å². The Morgan fingerprint density at radius 3 is 2.27 bits per heavy atom. The predicted molar refractivity (Wildman–Crippen MR) is 104 cm³/mol. The van der Waals surface area contributed by atoms with Crippen LogP contribution < -0.4 is 10.6 Å². The maximum absolute atomic E-state index is 12.8. The van der Waals surface area contributed by atoms with E-state index in [1.54, 1.807) is 0 Å². The van der Waals surface area contributed by atoms with E-state index in [1.807, 2.05) is 54.6 Å². The van der Waals surface area contributed by atoms with Crippen molar-refractivity contribution in [2.24, 2.45) is 5.92 Å². The number of rotatable bonds is 7. The number of hydrogen-bond donors (Lipinski definition) is 2. The number of anilines is 1. The second kappa shape index (κ2) is 8.65. The summed E-state index contributed by atoms with van der Waals surface area (Å²) >= 11 is 0. The maximum atomic E-state index is 12.8. The third kappa shape index (κ3) is 4.72. The van der Waals surface area contributed by atoms with E-state index in [9.17, 15) is 9.59 Å². The molecular weight excluding hydrogens is 324 g/mol. The van der Waals surface area contributed by atoms with Gasteiger partial charge in [0.25, 0.3) is 0 Å². The first-order valence-corrected chi connectivity index (χ1v) is 9.40. The number of nitrogens with one attached hydrogen (secondary N) is 2. The summed E-state index contributed by atoms with van der Waals surface area (Å²) in [7, 11) is 0. The van der Waals surface area contributed by atoms with Crippen LogP contribution in [0, 0.1) is 5.92 Å². The molecule has 2 N–H and O–H groups in total. The Labute approximate surface area is 155 Å². The van der Waals surface area contributed by atoms with Crippen LogP contribution in [0.25, 0.3) is 0 Å². The first-order chi connectivity index (χ1) is 12.7. The third-order valence-corrected chi connectivity index (χ3v) is 5.02. The fraction of sp³-hybridized carbons (Fsp3) is 0.364. The molecule has 2 aromatic rings. The summed E-state index contributed by atoms with van der Waals surface area (Å²) in [6.07, 6.45) is 4.38. The van der Waals surface area contributed by atoms with Crippen molar-refractivity contribution in [3.8, 4) is 0 Å². The highest BCUT2D eigenvalue weighted by atomic mass is 16.2. The summed E-state index contributed by atoms with van der Waals surface area (Å²) in [5.74, 6) is -0.121. The number of carbonyl (C=O) groups is 2. The van der Waals surface area contributed by atoms with E-state index in [0.29, 0.717) is 6.42 Å². The Hall–Kier alpha value is -2.62. The highest BCUT2D eigenvalue weighted by Gasteiger charge is 2.29. The van der Waals surface area contributed by atoms with Gasteiger partial charge in [-0.2, -0.15) is 0 Å². The molecule has 26 heavy (non-hydrogen) atoms. The van der Waals surface area contributed by atoms with Crippen LogP contribution in [-0.4, -0.2) is 17.9 Å². The van der Waals surface area contributed by atoms with Gasteiger partial charge in [-0.1, -0.05) is 55.8 Å². The molecule has 0 aliphatic heterocycles. The first kappa shape index (κ1) is 18.2. The second-order valence-corrected chi connectivity index (χ2v) is 6.92. The van der Waals surface area contributed by atoms with Crippen molar-refractivity contribution in [1.29, 1.82) is 0 Å². The lowest BCUT2D eigenvalue weighted by molar-refractivity contribution is -0.131. The first-order valence-electron chi connectivity index (χ1n) is 9.40. The lowest BCUT2D eigenvalue weighted by atomic mass is 9.84. The summed E-state index contributed by atoms with van der Waals surface area (Å²) in [4.78, 5) is 25.2. The Kier molecular flexibility index (Phi) is 6.05. The van der Waals surface area contributed by atoms with Gasteiger partial charge in [0.1, 0.15) is 6.04 Å². The number of carbonyl (C=O) groups excluding carboxylic acids is 2. The molecular formula is C22H26N2O2. The van der Waals surface area contributed by atoms with Crippen molar-refractivity contribution in [2.75, 3.05) is 5.32 Å². The molecule has 3 rings (SSSR count). The average Bonchev–Trinajstić information content (AvgIpc) is 2.61. The van der Waals surface area contributed by atoms with Gasteiger partial charge in [0.15, 0.2) is 0 Å². The Bertz CT molecular complexity index is 736. The van der Waals surface area contributed by atoms with Crippen LogP contribution in [0.4, 0.5) is 5.69 Å². The van der Waals surface area contributed by atoms with Gasteiger partial charge in [-0.15, -0.1) is 0 Å².